The highest BCUT2D eigenvalue weighted by Crippen LogP contribution is 2.09. The van der Waals surface area contributed by atoms with Crippen molar-refractivity contribution in [2.75, 3.05) is 32.7 Å². The normalized spacial score (nSPS) is 19.6. The quantitative estimate of drug-likeness (QED) is 0.634. The van der Waals surface area contributed by atoms with Crippen LogP contribution in [0.2, 0.25) is 0 Å². The Balaban J connectivity index is 2.31. The van der Waals surface area contributed by atoms with E-state index in [0.717, 1.165) is 26.2 Å². The molecule has 0 unspecified atom stereocenters. The lowest BCUT2D eigenvalue weighted by molar-refractivity contribution is 0.328. The molecule has 1 N–H and O–H groups in total. The third-order valence-corrected chi connectivity index (χ3v) is 2.20. The Morgan fingerprint density at radius 2 is 2.00 bits per heavy atom. The SMILES string of the molecule is CC(C)(C)C#CCN1CCCNCC1. The summed E-state index contributed by atoms with van der Waals surface area (Å²) in [7, 11) is 0. The summed E-state index contributed by atoms with van der Waals surface area (Å²) in [5.74, 6) is 6.55. The minimum absolute atomic E-state index is 0.143. The van der Waals surface area contributed by atoms with Gasteiger partial charge in [0.15, 0.2) is 0 Å². The molecule has 1 saturated heterocycles. The first-order valence-electron chi connectivity index (χ1n) is 5.51. The third-order valence-electron chi connectivity index (χ3n) is 2.20. The molecule has 0 aliphatic carbocycles. The summed E-state index contributed by atoms with van der Waals surface area (Å²) in [4.78, 5) is 2.43. The molecule has 2 nitrogen and oxygen atoms in total. The van der Waals surface area contributed by atoms with Gasteiger partial charge < -0.3 is 5.32 Å². The standard InChI is InChI=1S/C12H22N2/c1-12(2,3)6-4-9-14-10-5-7-13-8-11-14/h13H,5,7-11H2,1-3H3. The third kappa shape index (κ3) is 5.26. The van der Waals surface area contributed by atoms with E-state index in [1.807, 2.05) is 0 Å². The molecule has 0 amide bonds. The van der Waals surface area contributed by atoms with Crippen molar-refractivity contribution in [1.29, 1.82) is 0 Å². The summed E-state index contributed by atoms with van der Waals surface area (Å²) in [6.45, 7) is 12.0. The zero-order valence-electron chi connectivity index (χ0n) is 9.69. The van der Waals surface area contributed by atoms with Crippen LogP contribution in [0.1, 0.15) is 27.2 Å². The van der Waals surface area contributed by atoms with Crippen LogP contribution in [0.15, 0.2) is 0 Å². The minimum Gasteiger partial charge on any atom is -0.315 e. The van der Waals surface area contributed by atoms with Gasteiger partial charge in [0.05, 0.1) is 6.54 Å². The van der Waals surface area contributed by atoms with E-state index in [1.165, 1.54) is 13.0 Å². The van der Waals surface area contributed by atoms with Gasteiger partial charge in [-0.25, -0.2) is 0 Å². The zero-order chi connectivity index (χ0) is 10.4. The van der Waals surface area contributed by atoms with Gasteiger partial charge >= 0.3 is 0 Å². The van der Waals surface area contributed by atoms with Crippen molar-refractivity contribution in [3.05, 3.63) is 0 Å². The van der Waals surface area contributed by atoms with Gasteiger partial charge in [-0.1, -0.05) is 11.8 Å². The molecule has 0 bridgehead atoms. The first-order chi connectivity index (χ1) is 6.58. The smallest absolute Gasteiger partial charge is 0.0602 e. The van der Waals surface area contributed by atoms with E-state index >= 15 is 0 Å². The molecule has 0 radical (unpaired) electrons. The van der Waals surface area contributed by atoms with Gasteiger partial charge in [0.1, 0.15) is 0 Å². The summed E-state index contributed by atoms with van der Waals surface area (Å²) >= 11 is 0. The molecule has 80 valence electrons. The fourth-order valence-corrected chi connectivity index (χ4v) is 1.48. The van der Waals surface area contributed by atoms with Crippen LogP contribution in [0.5, 0.6) is 0 Å². The Bertz CT molecular complexity index is 209. The fraction of sp³-hybridized carbons (Fsp3) is 0.833. The number of nitrogens with one attached hydrogen (secondary N) is 1. The van der Waals surface area contributed by atoms with Crippen LogP contribution in [-0.4, -0.2) is 37.6 Å². The average molecular weight is 194 g/mol. The molecule has 0 spiro atoms. The van der Waals surface area contributed by atoms with E-state index in [0.29, 0.717) is 0 Å². The highest BCUT2D eigenvalue weighted by atomic mass is 15.1. The zero-order valence-corrected chi connectivity index (χ0v) is 9.69. The second-order valence-electron chi connectivity index (χ2n) is 4.93. The molecule has 1 heterocycles. The second kappa shape index (κ2) is 5.38. The van der Waals surface area contributed by atoms with Gasteiger partial charge in [-0.3, -0.25) is 4.90 Å². The van der Waals surface area contributed by atoms with E-state index < -0.39 is 0 Å². The van der Waals surface area contributed by atoms with Gasteiger partial charge in [0.25, 0.3) is 0 Å². The Morgan fingerprint density at radius 3 is 2.71 bits per heavy atom. The highest BCUT2D eigenvalue weighted by Gasteiger charge is 2.07. The molecule has 0 aromatic carbocycles. The summed E-state index contributed by atoms with van der Waals surface area (Å²) in [6.07, 6.45) is 1.25. The Morgan fingerprint density at radius 1 is 1.21 bits per heavy atom. The van der Waals surface area contributed by atoms with E-state index in [2.05, 4.69) is 42.8 Å². The maximum absolute atomic E-state index is 3.39. The first kappa shape index (κ1) is 11.6. The van der Waals surface area contributed by atoms with Gasteiger partial charge in [-0.05, 0) is 33.7 Å². The second-order valence-corrected chi connectivity index (χ2v) is 4.93. The lowest BCUT2D eigenvalue weighted by Gasteiger charge is -2.16. The molecule has 14 heavy (non-hydrogen) atoms. The Kier molecular flexibility index (Phi) is 4.44. The van der Waals surface area contributed by atoms with Crippen molar-refractivity contribution < 1.29 is 0 Å². The molecular weight excluding hydrogens is 172 g/mol. The van der Waals surface area contributed by atoms with Crippen LogP contribution in [0, 0.1) is 17.3 Å². The molecule has 0 aromatic rings. The van der Waals surface area contributed by atoms with Crippen molar-refractivity contribution in [3.63, 3.8) is 0 Å². The number of hydrogen-bond acceptors (Lipinski definition) is 2. The van der Waals surface area contributed by atoms with Crippen molar-refractivity contribution in [3.8, 4) is 11.8 Å². The molecular formula is C12H22N2. The monoisotopic (exact) mass is 194 g/mol. The predicted molar refractivity (Wildman–Crippen MR) is 61.2 cm³/mol. The molecule has 1 fully saturated rings. The fourth-order valence-electron chi connectivity index (χ4n) is 1.48. The van der Waals surface area contributed by atoms with E-state index in [1.54, 1.807) is 0 Å². The summed E-state index contributed by atoms with van der Waals surface area (Å²) in [6, 6.07) is 0. The van der Waals surface area contributed by atoms with Crippen molar-refractivity contribution >= 4 is 0 Å². The van der Waals surface area contributed by atoms with Crippen LogP contribution in [0.3, 0.4) is 0 Å². The Hall–Kier alpha value is -0.520. The molecule has 1 aliphatic rings. The van der Waals surface area contributed by atoms with E-state index in [9.17, 15) is 0 Å². The summed E-state index contributed by atoms with van der Waals surface area (Å²) in [5.41, 5.74) is 0.143. The van der Waals surface area contributed by atoms with E-state index in [-0.39, 0.29) is 5.41 Å². The first-order valence-corrected chi connectivity index (χ1v) is 5.51. The lowest BCUT2D eigenvalue weighted by atomic mass is 9.98. The minimum atomic E-state index is 0.143. The maximum Gasteiger partial charge on any atom is 0.0602 e. The van der Waals surface area contributed by atoms with Crippen molar-refractivity contribution in [1.82, 2.24) is 10.2 Å². The lowest BCUT2D eigenvalue weighted by Crippen LogP contribution is -2.28. The predicted octanol–water partition coefficient (Wildman–Crippen LogP) is 1.33. The van der Waals surface area contributed by atoms with Crippen molar-refractivity contribution in [2.24, 2.45) is 5.41 Å². The van der Waals surface area contributed by atoms with Crippen molar-refractivity contribution in [2.45, 2.75) is 27.2 Å². The summed E-state index contributed by atoms with van der Waals surface area (Å²) in [5, 5.41) is 3.39. The number of hydrogen-bond donors (Lipinski definition) is 1. The topological polar surface area (TPSA) is 15.3 Å². The average Bonchev–Trinajstić information content (AvgIpc) is 2.30. The van der Waals surface area contributed by atoms with Gasteiger partial charge in [-0.15, -0.1) is 0 Å². The van der Waals surface area contributed by atoms with E-state index in [4.69, 9.17) is 0 Å². The molecule has 2 heteroatoms. The van der Waals surface area contributed by atoms with Gasteiger partial charge in [0.2, 0.25) is 0 Å². The highest BCUT2D eigenvalue weighted by molar-refractivity contribution is 5.08. The molecule has 1 aliphatic heterocycles. The van der Waals surface area contributed by atoms with Crippen LogP contribution in [0.4, 0.5) is 0 Å². The summed E-state index contributed by atoms with van der Waals surface area (Å²) < 4.78 is 0. The molecule has 0 aromatic heterocycles. The van der Waals surface area contributed by atoms with Gasteiger partial charge in [0, 0.05) is 25.0 Å². The van der Waals surface area contributed by atoms with Crippen LogP contribution in [0.25, 0.3) is 0 Å². The number of rotatable bonds is 1. The molecule has 0 atom stereocenters. The van der Waals surface area contributed by atoms with Crippen LogP contribution < -0.4 is 5.32 Å². The molecule has 1 rings (SSSR count). The van der Waals surface area contributed by atoms with Crippen LogP contribution >= 0.6 is 0 Å². The number of nitrogens with zero attached hydrogens (tertiary/aromatic N) is 1. The van der Waals surface area contributed by atoms with Crippen LogP contribution in [-0.2, 0) is 0 Å². The Labute approximate surface area is 88.1 Å². The molecule has 0 saturated carbocycles. The van der Waals surface area contributed by atoms with Gasteiger partial charge in [-0.2, -0.15) is 0 Å². The maximum atomic E-state index is 3.39. The largest absolute Gasteiger partial charge is 0.315 e.